The van der Waals surface area contributed by atoms with Crippen LogP contribution < -0.4 is 27.4 Å². The van der Waals surface area contributed by atoms with Crippen molar-refractivity contribution in [1.82, 2.24) is 20.3 Å². The van der Waals surface area contributed by atoms with Crippen LogP contribution in [0.4, 0.5) is 29.2 Å². The first-order valence-electron chi connectivity index (χ1n) is 8.33. The van der Waals surface area contributed by atoms with Gasteiger partial charge in [-0.2, -0.15) is 15.0 Å². The Labute approximate surface area is 170 Å². The molecule has 0 spiro atoms. The fourth-order valence-corrected chi connectivity index (χ4v) is 2.82. The Morgan fingerprint density at radius 1 is 1.07 bits per heavy atom. The summed E-state index contributed by atoms with van der Waals surface area (Å²) in [5, 5.41) is 8.17. The molecular formula is C16H21N9O3S. The number of anilines is 5. The third-order valence-corrected chi connectivity index (χ3v) is 4.44. The van der Waals surface area contributed by atoms with Crippen LogP contribution in [-0.4, -0.2) is 37.6 Å². The monoisotopic (exact) mass is 419 g/mol. The molecule has 12 nitrogen and oxygen atoms in total. The Morgan fingerprint density at radius 3 is 2.14 bits per heavy atom. The molecule has 2 amide bonds. The normalized spacial score (nSPS) is 12.0. The lowest BCUT2D eigenvalue weighted by Crippen LogP contribution is -2.53. The molecule has 1 atom stereocenters. The molecular weight excluding hydrogens is 398 g/mol. The summed E-state index contributed by atoms with van der Waals surface area (Å²) in [5.41, 5.74) is 12.1. The summed E-state index contributed by atoms with van der Waals surface area (Å²) >= 11 is 0.673. The molecule has 0 aliphatic rings. The number of nitrogens with one attached hydrogen (secondary N) is 3. The topological polar surface area (TPSA) is 190 Å². The number of nitroso groups, excluding NO2 is 1. The minimum absolute atomic E-state index is 0.0156. The summed E-state index contributed by atoms with van der Waals surface area (Å²) in [5.74, 6) is -0.741. The first kappa shape index (κ1) is 21.8. The quantitative estimate of drug-likeness (QED) is 0.309. The van der Waals surface area contributed by atoms with Crippen LogP contribution in [0.25, 0.3) is 0 Å². The van der Waals surface area contributed by atoms with Gasteiger partial charge in [0, 0.05) is 34.8 Å². The molecule has 1 heterocycles. The van der Waals surface area contributed by atoms with Gasteiger partial charge < -0.3 is 27.4 Å². The number of nitrogens with zero attached hydrogens (tertiary/aromatic N) is 4. The summed E-state index contributed by atoms with van der Waals surface area (Å²) in [6.07, 6.45) is 0. The van der Waals surface area contributed by atoms with Crippen molar-refractivity contribution in [2.75, 3.05) is 22.1 Å². The Kier molecular flexibility index (Phi) is 6.88. The lowest BCUT2D eigenvalue weighted by Gasteiger charge is -2.30. The highest BCUT2D eigenvalue weighted by Crippen LogP contribution is 2.30. The molecule has 0 radical (unpaired) electrons. The van der Waals surface area contributed by atoms with Crippen LogP contribution in [0.5, 0.6) is 0 Å². The van der Waals surface area contributed by atoms with Gasteiger partial charge in [0.1, 0.15) is 6.04 Å². The average Bonchev–Trinajstić information content (AvgIpc) is 2.60. The molecule has 154 valence electrons. The molecule has 0 unspecified atom stereocenters. The van der Waals surface area contributed by atoms with Gasteiger partial charge in [0.05, 0.1) is 4.75 Å². The standard InChI is InChI=1S/C16H21N9O3S/c1-8(26)19-11(16(2,3)29-25-28)12(27)20-9-4-6-10(7-5-9)21-15-23-13(17)22-14(18)24-15/h4-7,11H,1-3H3,(H,19,26)(H,20,27)(H5,17,18,21,22,23,24)/t11-/m0/s1. The summed E-state index contributed by atoms with van der Waals surface area (Å²) in [6.45, 7) is 4.56. The Bertz CT molecular complexity index is 885. The lowest BCUT2D eigenvalue weighted by molar-refractivity contribution is -0.125. The largest absolute Gasteiger partial charge is 0.368 e. The smallest absolute Gasteiger partial charge is 0.248 e. The van der Waals surface area contributed by atoms with Gasteiger partial charge >= 0.3 is 0 Å². The zero-order valence-corrected chi connectivity index (χ0v) is 16.8. The molecule has 0 aliphatic heterocycles. The van der Waals surface area contributed by atoms with Crippen LogP contribution in [0, 0.1) is 4.91 Å². The summed E-state index contributed by atoms with van der Waals surface area (Å²) in [7, 11) is 0. The van der Waals surface area contributed by atoms with Crippen molar-refractivity contribution >= 4 is 53.0 Å². The Morgan fingerprint density at radius 2 is 1.62 bits per heavy atom. The predicted molar refractivity (Wildman–Crippen MR) is 112 cm³/mol. The van der Waals surface area contributed by atoms with Crippen molar-refractivity contribution in [2.45, 2.75) is 31.6 Å². The van der Waals surface area contributed by atoms with E-state index in [0.29, 0.717) is 23.3 Å². The van der Waals surface area contributed by atoms with Gasteiger partial charge in [-0.1, -0.05) is 0 Å². The fourth-order valence-electron chi connectivity index (χ4n) is 2.35. The predicted octanol–water partition coefficient (Wildman–Crippen LogP) is 1.42. The molecule has 2 rings (SSSR count). The highest BCUT2D eigenvalue weighted by Gasteiger charge is 2.37. The van der Waals surface area contributed by atoms with Crippen LogP contribution >= 0.6 is 11.9 Å². The highest BCUT2D eigenvalue weighted by atomic mass is 32.2. The molecule has 0 aliphatic carbocycles. The maximum absolute atomic E-state index is 12.7. The van der Waals surface area contributed by atoms with E-state index in [9.17, 15) is 14.5 Å². The summed E-state index contributed by atoms with van der Waals surface area (Å²) in [6, 6.07) is 5.64. The van der Waals surface area contributed by atoms with E-state index >= 15 is 0 Å². The molecule has 0 saturated heterocycles. The Hall–Kier alpha value is -3.48. The molecule has 1 aromatic heterocycles. The second kappa shape index (κ2) is 9.14. The van der Waals surface area contributed by atoms with E-state index in [1.165, 1.54) is 6.92 Å². The van der Waals surface area contributed by atoms with Crippen molar-refractivity contribution < 1.29 is 9.59 Å². The zero-order valence-electron chi connectivity index (χ0n) is 16.0. The van der Waals surface area contributed by atoms with E-state index < -0.39 is 22.6 Å². The van der Waals surface area contributed by atoms with Crippen LogP contribution in [0.15, 0.2) is 28.8 Å². The summed E-state index contributed by atoms with van der Waals surface area (Å²) < 4.78 is 1.83. The third kappa shape index (κ3) is 6.27. The van der Waals surface area contributed by atoms with Crippen LogP contribution in [0.1, 0.15) is 20.8 Å². The summed E-state index contributed by atoms with van der Waals surface area (Å²) in [4.78, 5) is 46.3. The van der Waals surface area contributed by atoms with E-state index in [0.717, 1.165) is 0 Å². The number of carbonyl (C=O) groups excluding carboxylic acids is 2. The van der Waals surface area contributed by atoms with Gasteiger partial charge in [-0.05, 0) is 38.1 Å². The lowest BCUT2D eigenvalue weighted by atomic mass is 10.0. The van der Waals surface area contributed by atoms with Gasteiger partial charge in [-0.15, -0.1) is 4.91 Å². The third-order valence-electron chi connectivity index (χ3n) is 3.66. The van der Waals surface area contributed by atoms with Crippen molar-refractivity contribution in [2.24, 2.45) is 4.58 Å². The maximum Gasteiger partial charge on any atom is 0.248 e. The van der Waals surface area contributed by atoms with Crippen LogP contribution in [-0.2, 0) is 9.59 Å². The molecule has 0 fully saturated rings. The van der Waals surface area contributed by atoms with Crippen LogP contribution in [0.3, 0.4) is 0 Å². The number of hydrogen-bond donors (Lipinski definition) is 5. The molecule has 2 aromatic rings. The number of benzene rings is 1. The molecule has 7 N–H and O–H groups in total. The highest BCUT2D eigenvalue weighted by molar-refractivity contribution is 7.99. The molecule has 0 bridgehead atoms. The maximum atomic E-state index is 12.7. The van der Waals surface area contributed by atoms with Gasteiger partial charge in [0.25, 0.3) is 0 Å². The minimum atomic E-state index is -0.975. The number of aromatic nitrogens is 3. The molecule has 1 aromatic carbocycles. The number of hydrogen-bond acceptors (Lipinski definition) is 11. The molecule has 13 heteroatoms. The van der Waals surface area contributed by atoms with Gasteiger partial charge in [0.2, 0.25) is 29.7 Å². The number of nitrogens with two attached hydrogens (primary N) is 2. The zero-order chi connectivity index (χ0) is 21.6. The van der Waals surface area contributed by atoms with E-state index in [1.807, 2.05) is 0 Å². The Balaban J connectivity index is 2.11. The van der Waals surface area contributed by atoms with E-state index in [4.69, 9.17) is 11.5 Å². The van der Waals surface area contributed by atoms with Gasteiger partial charge in [-0.3, -0.25) is 9.59 Å². The van der Waals surface area contributed by atoms with E-state index in [1.54, 1.807) is 38.1 Å². The van der Waals surface area contributed by atoms with Gasteiger partial charge in [-0.25, -0.2) is 0 Å². The first-order valence-corrected chi connectivity index (χ1v) is 9.11. The fraction of sp³-hybridized carbons (Fsp3) is 0.312. The number of nitrogen functional groups attached to an aromatic ring is 2. The van der Waals surface area contributed by atoms with E-state index in [2.05, 4.69) is 35.5 Å². The molecule has 0 saturated carbocycles. The second-order valence-electron chi connectivity index (χ2n) is 6.47. The number of rotatable bonds is 8. The van der Waals surface area contributed by atoms with Crippen molar-refractivity contribution in [3.8, 4) is 0 Å². The molecule has 29 heavy (non-hydrogen) atoms. The second-order valence-corrected chi connectivity index (χ2v) is 7.85. The van der Waals surface area contributed by atoms with Gasteiger partial charge in [0.15, 0.2) is 0 Å². The number of carbonyl (C=O) groups is 2. The van der Waals surface area contributed by atoms with Crippen LogP contribution in [0.2, 0.25) is 0 Å². The number of amides is 2. The van der Waals surface area contributed by atoms with Crippen molar-refractivity contribution in [1.29, 1.82) is 0 Å². The average molecular weight is 419 g/mol. The SMILES string of the molecule is CC(=O)N[C@@H](C(=O)Nc1ccc(Nc2nc(N)nc(N)n2)cc1)C(C)(C)SN=O. The first-order chi connectivity index (χ1) is 13.6. The van der Waals surface area contributed by atoms with E-state index in [-0.39, 0.29) is 17.8 Å². The minimum Gasteiger partial charge on any atom is -0.368 e. The van der Waals surface area contributed by atoms with Crippen molar-refractivity contribution in [3.63, 3.8) is 0 Å². The van der Waals surface area contributed by atoms with Crippen molar-refractivity contribution in [3.05, 3.63) is 29.2 Å².